The van der Waals surface area contributed by atoms with E-state index >= 15 is 0 Å². The van der Waals surface area contributed by atoms with Gasteiger partial charge in [0.15, 0.2) is 0 Å². The number of hydrogen-bond donors (Lipinski definition) is 3. The van der Waals surface area contributed by atoms with E-state index in [-0.39, 0.29) is 5.91 Å². The molecule has 1 aliphatic rings. The number of aromatic nitrogens is 3. The van der Waals surface area contributed by atoms with Crippen LogP contribution in [0, 0.1) is 5.92 Å². The van der Waals surface area contributed by atoms with Gasteiger partial charge in [-0.2, -0.15) is 5.10 Å². The van der Waals surface area contributed by atoms with Gasteiger partial charge in [0.1, 0.15) is 12.2 Å². The van der Waals surface area contributed by atoms with Crippen LogP contribution in [0.3, 0.4) is 0 Å². The third-order valence-electron chi connectivity index (χ3n) is 2.79. The molecular weight excluding hydrogens is 218 g/mol. The Balaban J connectivity index is 1.45. The summed E-state index contributed by atoms with van der Waals surface area (Å²) in [5.41, 5.74) is 0. The molecule has 0 saturated heterocycles. The van der Waals surface area contributed by atoms with Crippen LogP contribution in [0.1, 0.15) is 25.1 Å². The summed E-state index contributed by atoms with van der Waals surface area (Å²) >= 11 is 0. The lowest BCUT2D eigenvalue weighted by Gasteiger charge is -2.05. The minimum Gasteiger partial charge on any atom is -0.355 e. The Morgan fingerprint density at radius 2 is 2.41 bits per heavy atom. The molecule has 1 aromatic heterocycles. The molecule has 2 rings (SSSR count). The summed E-state index contributed by atoms with van der Waals surface area (Å²) in [6.45, 7) is 2.09. The van der Waals surface area contributed by atoms with Crippen molar-refractivity contribution in [2.45, 2.75) is 25.7 Å². The number of nitrogens with one attached hydrogen (secondary N) is 3. The smallest absolute Gasteiger partial charge is 0.233 e. The number of aryl methyl sites for hydroxylation is 1. The van der Waals surface area contributed by atoms with Crippen molar-refractivity contribution in [3.63, 3.8) is 0 Å². The third kappa shape index (κ3) is 4.95. The lowest BCUT2D eigenvalue weighted by Crippen LogP contribution is -2.35. The summed E-state index contributed by atoms with van der Waals surface area (Å²) in [4.78, 5) is 15.4. The molecule has 6 heteroatoms. The maximum atomic E-state index is 11.4. The normalized spacial score (nSPS) is 14.8. The van der Waals surface area contributed by atoms with E-state index in [9.17, 15) is 4.79 Å². The summed E-state index contributed by atoms with van der Waals surface area (Å²) in [6.07, 6.45) is 5.81. The summed E-state index contributed by atoms with van der Waals surface area (Å²) in [5, 5.41) is 12.6. The number of carbonyl (C=O) groups excluding carboxylic acids is 1. The van der Waals surface area contributed by atoms with Crippen molar-refractivity contribution in [2.75, 3.05) is 19.6 Å². The number of carbonyl (C=O) groups is 1. The monoisotopic (exact) mass is 237 g/mol. The number of rotatable bonds is 8. The van der Waals surface area contributed by atoms with Crippen molar-refractivity contribution in [1.29, 1.82) is 0 Å². The Labute approximate surface area is 101 Å². The quantitative estimate of drug-likeness (QED) is 0.549. The van der Waals surface area contributed by atoms with Gasteiger partial charge in [0, 0.05) is 13.0 Å². The van der Waals surface area contributed by atoms with Crippen molar-refractivity contribution in [3.05, 3.63) is 12.2 Å². The fourth-order valence-corrected chi connectivity index (χ4v) is 1.61. The Kier molecular flexibility index (Phi) is 4.49. The highest BCUT2D eigenvalue weighted by atomic mass is 16.1. The van der Waals surface area contributed by atoms with Crippen LogP contribution in [0.2, 0.25) is 0 Å². The SMILES string of the molecule is O=C(CNCC1CC1)NCCCc1ncn[nH]1. The number of nitrogens with zero attached hydrogens (tertiary/aromatic N) is 2. The molecule has 0 aromatic carbocycles. The number of amides is 1. The van der Waals surface area contributed by atoms with Crippen molar-refractivity contribution in [2.24, 2.45) is 5.92 Å². The summed E-state index contributed by atoms with van der Waals surface area (Å²) < 4.78 is 0. The average molecular weight is 237 g/mol. The van der Waals surface area contributed by atoms with Gasteiger partial charge in [0.2, 0.25) is 5.91 Å². The van der Waals surface area contributed by atoms with Crippen LogP contribution < -0.4 is 10.6 Å². The summed E-state index contributed by atoms with van der Waals surface area (Å²) in [5.74, 6) is 1.75. The molecule has 1 amide bonds. The van der Waals surface area contributed by atoms with E-state index in [1.165, 1.54) is 19.2 Å². The average Bonchev–Trinajstić information content (AvgIpc) is 3.00. The van der Waals surface area contributed by atoms with E-state index in [0.717, 1.165) is 31.1 Å². The first kappa shape index (κ1) is 12.0. The Bertz CT molecular complexity index is 334. The van der Waals surface area contributed by atoms with Gasteiger partial charge in [0.25, 0.3) is 0 Å². The van der Waals surface area contributed by atoms with Crippen LogP contribution >= 0.6 is 0 Å². The second-order valence-electron chi connectivity index (χ2n) is 4.46. The molecule has 1 aliphatic carbocycles. The first-order valence-electron chi connectivity index (χ1n) is 6.16. The van der Waals surface area contributed by atoms with Gasteiger partial charge in [0.05, 0.1) is 6.54 Å². The lowest BCUT2D eigenvalue weighted by atomic mass is 10.3. The van der Waals surface area contributed by atoms with Gasteiger partial charge >= 0.3 is 0 Å². The van der Waals surface area contributed by atoms with E-state index in [0.29, 0.717) is 13.1 Å². The molecule has 0 unspecified atom stereocenters. The first-order chi connectivity index (χ1) is 8.34. The van der Waals surface area contributed by atoms with Gasteiger partial charge in [-0.1, -0.05) is 0 Å². The Morgan fingerprint density at radius 3 is 3.12 bits per heavy atom. The van der Waals surface area contributed by atoms with Gasteiger partial charge in [-0.05, 0) is 31.7 Å². The standard InChI is InChI=1S/C11H19N5O/c17-11(7-12-6-9-3-4-9)13-5-1-2-10-14-8-15-16-10/h8-9,12H,1-7H2,(H,13,17)(H,14,15,16). The molecule has 0 bridgehead atoms. The lowest BCUT2D eigenvalue weighted by molar-refractivity contribution is -0.120. The first-order valence-corrected chi connectivity index (χ1v) is 6.16. The molecular formula is C11H19N5O. The fourth-order valence-electron chi connectivity index (χ4n) is 1.61. The Hall–Kier alpha value is -1.43. The Morgan fingerprint density at radius 1 is 1.53 bits per heavy atom. The zero-order valence-corrected chi connectivity index (χ0v) is 9.91. The number of hydrogen-bond acceptors (Lipinski definition) is 4. The van der Waals surface area contributed by atoms with Crippen molar-refractivity contribution in [3.8, 4) is 0 Å². The van der Waals surface area contributed by atoms with Crippen LogP contribution in [0.4, 0.5) is 0 Å². The van der Waals surface area contributed by atoms with Crippen LogP contribution in [0.25, 0.3) is 0 Å². The maximum absolute atomic E-state index is 11.4. The van der Waals surface area contributed by atoms with E-state index in [1.807, 2.05) is 0 Å². The largest absolute Gasteiger partial charge is 0.355 e. The molecule has 1 saturated carbocycles. The van der Waals surface area contributed by atoms with E-state index in [4.69, 9.17) is 0 Å². The highest BCUT2D eigenvalue weighted by molar-refractivity contribution is 5.77. The maximum Gasteiger partial charge on any atom is 0.233 e. The van der Waals surface area contributed by atoms with Crippen molar-refractivity contribution < 1.29 is 4.79 Å². The number of H-pyrrole nitrogens is 1. The van der Waals surface area contributed by atoms with Gasteiger partial charge in [-0.3, -0.25) is 9.89 Å². The molecule has 3 N–H and O–H groups in total. The fraction of sp³-hybridized carbons (Fsp3) is 0.727. The van der Waals surface area contributed by atoms with Crippen LogP contribution in [0.5, 0.6) is 0 Å². The minimum atomic E-state index is 0.0724. The number of aromatic amines is 1. The molecule has 1 heterocycles. The highest BCUT2D eigenvalue weighted by Gasteiger charge is 2.20. The summed E-state index contributed by atoms with van der Waals surface area (Å²) in [6, 6.07) is 0. The topological polar surface area (TPSA) is 82.7 Å². The van der Waals surface area contributed by atoms with Gasteiger partial charge < -0.3 is 10.6 Å². The van der Waals surface area contributed by atoms with Crippen molar-refractivity contribution in [1.82, 2.24) is 25.8 Å². The molecule has 0 spiro atoms. The molecule has 6 nitrogen and oxygen atoms in total. The molecule has 0 atom stereocenters. The third-order valence-corrected chi connectivity index (χ3v) is 2.79. The molecule has 0 radical (unpaired) electrons. The van der Waals surface area contributed by atoms with E-state index < -0.39 is 0 Å². The zero-order chi connectivity index (χ0) is 11.9. The molecule has 1 fully saturated rings. The molecule has 94 valence electrons. The van der Waals surface area contributed by atoms with Crippen LogP contribution in [-0.4, -0.2) is 40.7 Å². The van der Waals surface area contributed by atoms with Gasteiger partial charge in [-0.15, -0.1) is 0 Å². The second kappa shape index (κ2) is 6.34. The van der Waals surface area contributed by atoms with E-state index in [2.05, 4.69) is 25.8 Å². The predicted molar refractivity (Wildman–Crippen MR) is 63.3 cm³/mol. The zero-order valence-electron chi connectivity index (χ0n) is 9.91. The second-order valence-corrected chi connectivity index (χ2v) is 4.46. The molecule has 0 aliphatic heterocycles. The molecule has 17 heavy (non-hydrogen) atoms. The van der Waals surface area contributed by atoms with Gasteiger partial charge in [-0.25, -0.2) is 4.98 Å². The predicted octanol–water partition coefficient (Wildman–Crippen LogP) is -0.147. The molecule has 1 aromatic rings. The highest BCUT2D eigenvalue weighted by Crippen LogP contribution is 2.27. The van der Waals surface area contributed by atoms with Crippen LogP contribution in [0.15, 0.2) is 6.33 Å². The van der Waals surface area contributed by atoms with Crippen molar-refractivity contribution >= 4 is 5.91 Å². The minimum absolute atomic E-state index is 0.0724. The van der Waals surface area contributed by atoms with Crippen LogP contribution in [-0.2, 0) is 11.2 Å². The van der Waals surface area contributed by atoms with E-state index in [1.54, 1.807) is 0 Å². The summed E-state index contributed by atoms with van der Waals surface area (Å²) in [7, 11) is 0.